The lowest BCUT2D eigenvalue weighted by molar-refractivity contribution is -0.127. The summed E-state index contributed by atoms with van der Waals surface area (Å²) < 4.78 is 0. The first-order valence-corrected chi connectivity index (χ1v) is 4.92. The van der Waals surface area contributed by atoms with E-state index in [9.17, 15) is 4.79 Å². The van der Waals surface area contributed by atoms with Gasteiger partial charge in [-0.3, -0.25) is 4.79 Å². The van der Waals surface area contributed by atoms with Gasteiger partial charge in [0.25, 0.3) is 0 Å². The fraction of sp³-hybridized carbons (Fsp3) is 0.889. The highest BCUT2D eigenvalue weighted by atomic mass is 16.1. The van der Waals surface area contributed by atoms with Gasteiger partial charge in [0.05, 0.1) is 5.92 Å². The van der Waals surface area contributed by atoms with Crippen molar-refractivity contribution < 1.29 is 4.79 Å². The summed E-state index contributed by atoms with van der Waals surface area (Å²) in [5.74, 6) is 0.721. The van der Waals surface area contributed by atoms with Crippen molar-refractivity contribution in [2.24, 2.45) is 23.3 Å². The van der Waals surface area contributed by atoms with E-state index >= 15 is 0 Å². The maximum Gasteiger partial charge on any atom is 0.223 e. The van der Waals surface area contributed by atoms with Crippen LogP contribution in [0.4, 0.5) is 0 Å². The van der Waals surface area contributed by atoms with Gasteiger partial charge in [-0.25, -0.2) is 0 Å². The summed E-state index contributed by atoms with van der Waals surface area (Å²) in [6, 6.07) is 0.429. The minimum atomic E-state index is -0.151. The van der Waals surface area contributed by atoms with Crippen LogP contribution >= 0.6 is 0 Å². The molecule has 0 radical (unpaired) electrons. The molecule has 74 valence electrons. The molecule has 0 unspecified atom stereocenters. The van der Waals surface area contributed by atoms with Crippen molar-refractivity contribution in [2.75, 3.05) is 19.6 Å². The van der Waals surface area contributed by atoms with Gasteiger partial charge in [-0.15, -0.1) is 0 Å². The summed E-state index contributed by atoms with van der Waals surface area (Å²) in [4.78, 5) is 13.0. The van der Waals surface area contributed by atoms with Crippen LogP contribution in [0.3, 0.4) is 0 Å². The number of amides is 1. The van der Waals surface area contributed by atoms with E-state index in [1.165, 1.54) is 0 Å². The molecule has 0 aromatic heterocycles. The number of likely N-dealkylation sites (tertiary alicyclic amines) is 1. The number of primary amides is 1. The highest BCUT2D eigenvalue weighted by molar-refractivity contribution is 5.78. The summed E-state index contributed by atoms with van der Waals surface area (Å²) in [6.45, 7) is 2.83. The number of carbonyl (C=O) groups excluding carboxylic acids is 1. The summed E-state index contributed by atoms with van der Waals surface area (Å²) in [5.41, 5.74) is 10.9. The molecule has 1 amide bonds. The van der Waals surface area contributed by atoms with Crippen LogP contribution in [0.1, 0.15) is 12.8 Å². The summed E-state index contributed by atoms with van der Waals surface area (Å²) in [7, 11) is 0. The Labute approximate surface area is 78.2 Å². The fourth-order valence-electron chi connectivity index (χ4n) is 2.20. The van der Waals surface area contributed by atoms with E-state index in [1.807, 2.05) is 0 Å². The second-order valence-electron chi connectivity index (χ2n) is 4.42. The third kappa shape index (κ3) is 1.84. The highest BCUT2D eigenvalue weighted by Gasteiger charge is 2.35. The monoisotopic (exact) mass is 183 g/mol. The Morgan fingerprint density at radius 2 is 2.00 bits per heavy atom. The molecule has 4 heteroatoms. The largest absolute Gasteiger partial charge is 0.369 e. The molecule has 2 fully saturated rings. The lowest BCUT2D eigenvalue weighted by atomic mass is 9.79. The van der Waals surface area contributed by atoms with Gasteiger partial charge in [0.15, 0.2) is 0 Å². The first kappa shape index (κ1) is 8.97. The van der Waals surface area contributed by atoms with Crippen molar-refractivity contribution in [1.82, 2.24) is 4.90 Å². The molecule has 1 saturated carbocycles. The number of rotatable bonds is 3. The molecule has 0 aromatic rings. The third-order valence-corrected chi connectivity index (χ3v) is 3.15. The molecule has 13 heavy (non-hydrogen) atoms. The van der Waals surface area contributed by atoms with E-state index in [2.05, 4.69) is 4.90 Å². The molecule has 2 rings (SSSR count). The van der Waals surface area contributed by atoms with Gasteiger partial charge >= 0.3 is 0 Å². The zero-order valence-corrected chi connectivity index (χ0v) is 7.78. The van der Waals surface area contributed by atoms with Gasteiger partial charge in [0, 0.05) is 25.7 Å². The van der Waals surface area contributed by atoms with Crippen LogP contribution in [0.25, 0.3) is 0 Å². The van der Waals surface area contributed by atoms with E-state index in [0.29, 0.717) is 6.04 Å². The van der Waals surface area contributed by atoms with E-state index in [1.54, 1.807) is 0 Å². The topological polar surface area (TPSA) is 72.4 Å². The van der Waals surface area contributed by atoms with Crippen molar-refractivity contribution in [3.05, 3.63) is 0 Å². The smallest absolute Gasteiger partial charge is 0.223 e. The second kappa shape index (κ2) is 3.27. The molecule has 1 aliphatic carbocycles. The van der Waals surface area contributed by atoms with E-state index in [-0.39, 0.29) is 11.8 Å². The first-order chi connectivity index (χ1) is 6.15. The number of hydrogen-bond donors (Lipinski definition) is 2. The minimum Gasteiger partial charge on any atom is -0.369 e. The Morgan fingerprint density at radius 3 is 2.46 bits per heavy atom. The van der Waals surface area contributed by atoms with Crippen LogP contribution in [0.5, 0.6) is 0 Å². The molecule has 4 nitrogen and oxygen atoms in total. The molecule has 1 aliphatic heterocycles. The zero-order chi connectivity index (χ0) is 9.42. The SMILES string of the molecule is NC(=O)C1CN(CC2CC(N)C2)C1. The average molecular weight is 183 g/mol. The summed E-state index contributed by atoms with van der Waals surface area (Å²) in [5, 5.41) is 0. The van der Waals surface area contributed by atoms with Crippen LogP contribution < -0.4 is 11.5 Å². The Kier molecular flexibility index (Phi) is 2.26. The van der Waals surface area contributed by atoms with Crippen molar-refractivity contribution in [1.29, 1.82) is 0 Å². The maximum absolute atomic E-state index is 10.7. The van der Waals surface area contributed by atoms with Gasteiger partial charge in [0.2, 0.25) is 5.91 Å². The Morgan fingerprint density at radius 1 is 1.38 bits per heavy atom. The molecule has 4 N–H and O–H groups in total. The Bertz CT molecular complexity index is 207. The second-order valence-corrected chi connectivity index (χ2v) is 4.42. The number of nitrogens with two attached hydrogens (primary N) is 2. The zero-order valence-electron chi connectivity index (χ0n) is 7.78. The normalized spacial score (nSPS) is 35.2. The Hall–Kier alpha value is -0.610. The number of nitrogens with zero attached hydrogens (tertiary/aromatic N) is 1. The molecule has 0 atom stereocenters. The van der Waals surface area contributed by atoms with E-state index < -0.39 is 0 Å². The molecular weight excluding hydrogens is 166 g/mol. The van der Waals surface area contributed by atoms with Gasteiger partial charge in [0.1, 0.15) is 0 Å². The summed E-state index contributed by atoms with van der Waals surface area (Å²) >= 11 is 0. The fourth-order valence-corrected chi connectivity index (χ4v) is 2.20. The van der Waals surface area contributed by atoms with E-state index in [0.717, 1.165) is 38.4 Å². The lowest BCUT2D eigenvalue weighted by Gasteiger charge is -2.43. The van der Waals surface area contributed by atoms with Gasteiger partial charge in [-0.2, -0.15) is 0 Å². The van der Waals surface area contributed by atoms with Crippen molar-refractivity contribution >= 4 is 5.91 Å². The minimum absolute atomic E-state index is 0.105. The standard InChI is InChI=1S/C9H17N3O/c10-8-1-6(2-8)3-12-4-7(5-12)9(11)13/h6-8H,1-5,10H2,(H2,11,13). The molecule has 1 heterocycles. The van der Waals surface area contributed by atoms with Crippen molar-refractivity contribution in [2.45, 2.75) is 18.9 Å². The van der Waals surface area contributed by atoms with Crippen LogP contribution in [0.15, 0.2) is 0 Å². The average Bonchev–Trinajstić information content (AvgIpc) is 1.90. The van der Waals surface area contributed by atoms with Crippen molar-refractivity contribution in [3.63, 3.8) is 0 Å². The Balaban J connectivity index is 1.62. The molecule has 1 saturated heterocycles. The van der Waals surface area contributed by atoms with Gasteiger partial charge in [-0.05, 0) is 18.8 Å². The first-order valence-electron chi connectivity index (χ1n) is 4.92. The predicted molar refractivity (Wildman–Crippen MR) is 49.8 cm³/mol. The molecule has 2 aliphatic rings. The van der Waals surface area contributed by atoms with Crippen LogP contribution in [-0.4, -0.2) is 36.5 Å². The number of hydrogen-bond acceptors (Lipinski definition) is 3. The number of carbonyl (C=O) groups is 1. The maximum atomic E-state index is 10.7. The van der Waals surface area contributed by atoms with Gasteiger partial charge in [-0.1, -0.05) is 0 Å². The van der Waals surface area contributed by atoms with Gasteiger partial charge < -0.3 is 16.4 Å². The molecule has 0 aromatic carbocycles. The molecule has 0 bridgehead atoms. The quantitative estimate of drug-likeness (QED) is 0.598. The summed E-state index contributed by atoms with van der Waals surface area (Å²) in [6.07, 6.45) is 2.30. The van der Waals surface area contributed by atoms with E-state index in [4.69, 9.17) is 11.5 Å². The van der Waals surface area contributed by atoms with Crippen LogP contribution in [0.2, 0.25) is 0 Å². The van der Waals surface area contributed by atoms with Crippen LogP contribution in [-0.2, 0) is 4.79 Å². The predicted octanol–water partition coefficient (Wildman–Crippen LogP) is -0.859. The third-order valence-electron chi connectivity index (χ3n) is 3.15. The van der Waals surface area contributed by atoms with Crippen molar-refractivity contribution in [3.8, 4) is 0 Å². The highest BCUT2D eigenvalue weighted by Crippen LogP contribution is 2.28. The molecular formula is C9H17N3O. The lowest BCUT2D eigenvalue weighted by Crippen LogP contribution is -2.55. The van der Waals surface area contributed by atoms with Crippen LogP contribution in [0, 0.1) is 11.8 Å². The molecule has 0 spiro atoms.